The average Bonchev–Trinajstić information content (AvgIpc) is 2.51. The summed E-state index contributed by atoms with van der Waals surface area (Å²) in [6.07, 6.45) is 1.22. The Morgan fingerprint density at radius 2 is 2.14 bits per heavy atom. The van der Waals surface area contributed by atoms with Crippen molar-refractivity contribution in [2.24, 2.45) is 7.05 Å². The number of hydrogen-bond donors (Lipinski definition) is 2. The van der Waals surface area contributed by atoms with Gasteiger partial charge in [-0.05, 0) is 5.21 Å². The number of aromatic hydroxyl groups is 2. The van der Waals surface area contributed by atoms with Gasteiger partial charge < -0.3 is 10.2 Å². The third kappa shape index (κ3) is 1.32. The van der Waals surface area contributed by atoms with E-state index in [-0.39, 0.29) is 17.3 Å². The quantitative estimate of drug-likeness (QED) is 0.603. The second-order valence-electron chi connectivity index (χ2n) is 2.51. The monoisotopic (exact) mass is 194 g/mol. The first-order valence-electron chi connectivity index (χ1n) is 3.66. The van der Waals surface area contributed by atoms with Crippen LogP contribution in [-0.4, -0.2) is 40.4 Å². The van der Waals surface area contributed by atoms with E-state index in [1.165, 1.54) is 11.0 Å². The molecule has 0 radical (unpaired) electrons. The fourth-order valence-corrected chi connectivity index (χ4v) is 0.913. The van der Waals surface area contributed by atoms with Gasteiger partial charge in [0.15, 0.2) is 0 Å². The van der Waals surface area contributed by atoms with E-state index < -0.39 is 6.01 Å². The van der Waals surface area contributed by atoms with Gasteiger partial charge in [-0.3, -0.25) is 0 Å². The minimum absolute atomic E-state index is 0.199. The molecule has 8 heteroatoms. The van der Waals surface area contributed by atoms with Crippen molar-refractivity contribution >= 4 is 0 Å². The number of hydrogen-bond acceptors (Lipinski definition) is 7. The van der Waals surface area contributed by atoms with E-state index in [1.54, 1.807) is 7.05 Å². The van der Waals surface area contributed by atoms with Gasteiger partial charge >= 0.3 is 6.01 Å². The van der Waals surface area contributed by atoms with Crippen molar-refractivity contribution in [3.05, 3.63) is 6.20 Å². The van der Waals surface area contributed by atoms with Crippen LogP contribution in [0.2, 0.25) is 0 Å². The molecule has 14 heavy (non-hydrogen) atoms. The summed E-state index contributed by atoms with van der Waals surface area (Å²) < 4.78 is 0. The third-order valence-corrected chi connectivity index (χ3v) is 1.51. The fraction of sp³-hybridized carbons (Fsp3) is 0.167. The first-order chi connectivity index (χ1) is 6.66. The maximum atomic E-state index is 9.33. The molecular formula is C6H6N6O2. The second kappa shape index (κ2) is 2.91. The zero-order valence-corrected chi connectivity index (χ0v) is 7.16. The number of nitrogens with zero attached hydrogens (tertiary/aromatic N) is 6. The van der Waals surface area contributed by atoms with Gasteiger partial charge in [-0.25, -0.2) is 4.98 Å². The Morgan fingerprint density at radius 1 is 1.36 bits per heavy atom. The van der Waals surface area contributed by atoms with Gasteiger partial charge in [-0.1, -0.05) is 0 Å². The van der Waals surface area contributed by atoms with Crippen LogP contribution < -0.4 is 0 Å². The molecule has 2 N–H and O–H groups in total. The molecule has 2 aromatic heterocycles. The van der Waals surface area contributed by atoms with Crippen molar-refractivity contribution < 1.29 is 10.2 Å². The fourth-order valence-electron chi connectivity index (χ4n) is 0.913. The van der Waals surface area contributed by atoms with Gasteiger partial charge in [0.05, 0.1) is 7.05 Å². The Balaban J connectivity index is 2.52. The van der Waals surface area contributed by atoms with E-state index in [2.05, 4.69) is 25.4 Å². The summed E-state index contributed by atoms with van der Waals surface area (Å²) in [6.45, 7) is 0. The molecule has 2 rings (SSSR count). The lowest BCUT2D eigenvalue weighted by atomic mass is 10.3. The zero-order valence-electron chi connectivity index (χ0n) is 7.16. The van der Waals surface area contributed by atoms with Crippen LogP contribution in [-0.2, 0) is 7.05 Å². The predicted octanol–water partition coefficient (Wildman–Crippen LogP) is -0.922. The lowest BCUT2D eigenvalue weighted by molar-refractivity contribution is 0.398. The van der Waals surface area contributed by atoms with Crippen LogP contribution in [0.25, 0.3) is 11.4 Å². The summed E-state index contributed by atoms with van der Waals surface area (Å²) in [5.41, 5.74) is 0.218. The van der Waals surface area contributed by atoms with Crippen molar-refractivity contribution in [2.45, 2.75) is 0 Å². The van der Waals surface area contributed by atoms with E-state index in [9.17, 15) is 5.11 Å². The molecule has 2 heterocycles. The van der Waals surface area contributed by atoms with E-state index in [4.69, 9.17) is 5.11 Å². The van der Waals surface area contributed by atoms with Crippen LogP contribution in [0.15, 0.2) is 6.20 Å². The standard InChI is InChI=1S/C6H6N6O2/c1-12-10-4(9-11-12)3-2-7-6(14)8-5(3)13/h2H,1H3,(H2,7,8,13,14). The Labute approximate surface area is 77.9 Å². The van der Waals surface area contributed by atoms with Crippen molar-refractivity contribution in [2.75, 3.05) is 0 Å². The van der Waals surface area contributed by atoms with Crippen LogP contribution in [0.5, 0.6) is 11.9 Å². The van der Waals surface area contributed by atoms with Gasteiger partial charge in [-0.15, -0.1) is 10.2 Å². The van der Waals surface area contributed by atoms with E-state index in [0.717, 1.165) is 0 Å². The topological polar surface area (TPSA) is 110 Å². The van der Waals surface area contributed by atoms with E-state index in [1.807, 2.05) is 0 Å². The highest BCUT2D eigenvalue weighted by atomic mass is 16.3. The Bertz CT molecular complexity index is 467. The summed E-state index contributed by atoms with van der Waals surface area (Å²) in [5, 5.41) is 29.3. The molecule has 0 fully saturated rings. The van der Waals surface area contributed by atoms with Crippen molar-refractivity contribution in [3.8, 4) is 23.3 Å². The van der Waals surface area contributed by atoms with Gasteiger partial charge in [0.2, 0.25) is 11.7 Å². The smallest absolute Gasteiger partial charge is 0.317 e. The van der Waals surface area contributed by atoms with Gasteiger partial charge in [-0.2, -0.15) is 9.78 Å². The predicted molar refractivity (Wildman–Crippen MR) is 43.2 cm³/mol. The van der Waals surface area contributed by atoms with Crippen LogP contribution in [0, 0.1) is 0 Å². The Hall–Kier alpha value is -2.25. The molecule has 0 bridgehead atoms. The van der Waals surface area contributed by atoms with E-state index >= 15 is 0 Å². The number of aromatic nitrogens is 6. The maximum absolute atomic E-state index is 9.33. The SMILES string of the molecule is Cn1nnc(-c2cnc(O)nc2O)n1. The van der Waals surface area contributed by atoms with Crippen LogP contribution in [0.3, 0.4) is 0 Å². The Morgan fingerprint density at radius 3 is 2.71 bits per heavy atom. The van der Waals surface area contributed by atoms with Crippen molar-refractivity contribution in [1.29, 1.82) is 0 Å². The summed E-state index contributed by atoms with van der Waals surface area (Å²) >= 11 is 0. The number of tetrazole rings is 1. The molecule has 0 saturated carbocycles. The Kier molecular flexibility index (Phi) is 1.73. The minimum Gasteiger partial charge on any atom is -0.493 e. The molecule has 0 atom stereocenters. The normalized spacial score (nSPS) is 10.4. The molecular weight excluding hydrogens is 188 g/mol. The summed E-state index contributed by atoms with van der Waals surface area (Å²) in [5.74, 6) is -0.185. The molecule has 0 aromatic carbocycles. The van der Waals surface area contributed by atoms with Gasteiger partial charge in [0, 0.05) is 6.20 Å². The van der Waals surface area contributed by atoms with Crippen LogP contribution in [0.4, 0.5) is 0 Å². The molecule has 2 aromatic rings. The maximum Gasteiger partial charge on any atom is 0.317 e. The first kappa shape index (κ1) is 8.35. The summed E-state index contributed by atoms with van der Waals surface area (Å²) in [7, 11) is 1.59. The number of aryl methyl sites for hydroxylation is 1. The zero-order chi connectivity index (χ0) is 10.1. The summed E-state index contributed by atoms with van der Waals surface area (Å²) in [4.78, 5) is 8.07. The lowest BCUT2D eigenvalue weighted by Gasteiger charge is -1.96. The average molecular weight is 194 g/mol. The highest BCUT2D eigenvalue weighted by Gasteiger charge is 2.12. The van der Waals surface area contributed by atoms with Crippen molar-refractivity contribution in [3.63, 3.8) is 0 Å². The van der Waals surface area contributed by atoms with Gasteiger partial charge in [0.25, 0.3) is 0 Å². The molecule has 0 saturated heterocycles. The second-order valence-corrected chi connectivity index (χ2v) is 2.51. The highest BCUT2D eigenvalue weighted by molar-refractivity contribution is 5.58. The van der Waals surface area contributed by atoms with Gasteiger partial charge in [0.1, 0.15) is 5.56 Å². The van der Waals surface area contributed by atoms with Crippen LogP contribution >= 0.6 is 0 Å². The molecule has 0 spiro atoms. The molecule has 0 aliphatic heterocycles. The summed E-state index contributed by atoms with van der Waals surface area (Å²) in [6, 6.07) is -0.504. The van der Waals surface area contributed by atoms with E-state index in [0.29, 0.717) is 0 Å². The van der Waals surface area contributed by atoms with Crippen molar-refractivity contribution in [1.82, 2.24) is 30.2 Å². The first-order valence-corrected chi connectivity index (χ1v) is 3.66. The molecule has 0 unspecified atom stereocenters. The van der Waals surface area contributed by atoms with Crippen LogP contribution in [0.1, 0.15) is 0 Å². The highest BCUT2D eigenvalue weighted by Crippen LogP contribution is 2.23. The molecule has 0 amide bonds. The lowest BCUT2D eigenvalue weighted by Crippen LogP contribution is -1.92. The molecule has 72 valence electrons. The molecule has 0 aliphatic rings. The third-order valence-electron chi connectivity index (χ3n) is 1.51. The largest absolute Gasteiger partial charge is 0.493 e. The number of rotatable bonds is 1. The molecule has 8 nitrogen and oxygen atoms in total. The molecule has 0 aliphatic carbocycles. The minimum atomic E-state index is -0.504.